The Bertz CT molecular complexity index is 1130. The summed E-state index contributed by atoms with van der Waals surface area (Å²) in [7, 11) is 1.51. The minimum absolute atomic E-state index is 0.220. The number of halogens is 2. The molecule has 0 saturated heterocycles. The minimum Gasteiger partial charge on any atom is -0.495 e. The molecule has 7 heteroatoms. The first kappa shape index (κ1) is 18.8. The highest BCUT2D eigenvalue weighted by Gasteiger charge is 2.13. The topological polar surface area (TPSA) is 78.2 Å². The first-order valence-electron chi connectivity index (χ1n) is 7.80. The Hall–Kier alpha value is -2.96. The van der Waals surface area contributed by atoms with Gasteiger partial charge in [-0.25, -0.2) is 0 Å². The molecule has 0 unspecified atom stereocenters. The van der Waals surface area contributed by atoms with Crippen molar-refractivity contribution >= 4 is 45.5 Å². The summed E-state index contributed by atoms with van der Waals surface area (Å²) in [6.45, 7) is -0.220. The lowest BCUT2D eigenvalue weighted by Crippen LogP contribution is -1.98. The normalized spacial score (nSPS) is 10.0. The average molecular weight is 398 g/mol. The number of nitriles is 1. The van der Waals surface area contributed by atoms with Crippen LogP contribution < -0.4 is 10.1 Å². The Balaban J connectivity index is 2.14. The van der Waals surface area contributed by atoms with E-state index in [2.05, 4.69) is 28.2 Å². The van der Waals surface area contributed by atoms with Crippen molar-refractivity contribution in [3.05, 3.63) is 57.7 Å². The first-order valence-corrected chi connectivity index (χ1v) is 8.55. The highest BCUT2D eigenvalue weighted by atomic mass is 35.5. The molecular formula is C20H13Cl2N3O2. The van der Waals surface area contributed by atoms with Crippen LogP contribution in [0.25, 0.3) is 10.9 Å². The number of nitrogens with zero attached hydrogens (tertiary/aromatic N) is 2. The summed E-state index contributed by atoms with van der Waals surface area (Å²) in [6, 6.07) is 10.8. The number of nitrogens with one attached hydrogen (secondary N) is 1. The van der Waals surface area contributed by atoms with Crippen molar-refractivity contribution in [2.24, 2.45) is 0 Å². The number of aliphatic hydroxyl groups is 1. The van der Waals surface area contributed by atoms with Gasteiger partial charge in [-0.15, -0.1) is 0 Å². The predicted molar refractivity (Wildman–Crippen MR) is 107 cm³/mol. The van der Waals surface area contributed by atoms with E-state index in [0.29, 0.717) is 43.8 Å². The lowest BCUT2D eigenvalue weighted by molar-refractivity contribution is 0.350. The summed E-state index contributed by atoms with van der Waals surface area (Å²) in [5.41, 5.74) is 2.84. The molecule has 27 heavy (non-hydrogen) atoms. The molecule has 0 aliphatic rings. The molecule has 134 valence electrons. The molecule has 0 amide bonds. The van der Waals surface area contributed by atoms with E-state index in [-0.39, 0.29) is 6.61 Å². The summed E-state index contributed by atoms with van der Waals surface area (Å²) < 4.78 is 5.23. The van der Waals surface area contributed by atoms with Gasteiger partial charge in [0.2, 0.25) is 0 Å². The molecule has 0 radical (unpaired) electrons. The zero-order valence-electron chi connectivity index (χ0n) is 14.2. The van der Waals surface area contributed by atoms with E-state index in [1.54, 1.807) is 24.3 Å². The van der Waals surface area contributed by atoms with Crippen molar-refractivity contribution in [2.45, 2.75) is 0 Å². The molecule has 0 bridgehead atoms. The van der Waals surface area contributed by atoms with Gasteiger partial charge in [0.25, 0.3) is 0 Å². The van der Waals surface area contributed by atoms with Crippen LogP contribution in [0.4, 0.5) is 11.4 Å². The van der Waals surface area contributed by atoms with Crippen LogP contribution in [0.15, 0.2) is 36.5 Å². The van der Waals surface area contributed by atoms with Crippen molar-refractivity contribution in [2.75, 3.05) is 19.0 Å². The highest BCUT2D eigenvalue weighted by molar-refractivity contribution is 6.37. The van der Waals surface area contributed by atoms with Crippen molar-refractivity contribution in [3.63, 3.8) is 0 Å². The maximum Gasteiger partial charge on any atom is 0.139 e. The number of hydrogen-bond acceptors (Lipinski definition) is 5. The van der Waals surface area contributed by atoms with Crippen LogP contribution in [0.2, 0.25) is 10.0 Å². The Morgan fingerprint density at radius 3 is 2.74 bits per heavy atom. The van der Waals surface area contributed by atoms with Gasteiger partial charge >= 0.3 is 0 Å². The van der Waals surface area contributed by atoms with E-state index in [4.69, 9.17) is 33.0 Å². The molecule has 3 aromatic rings. The number of aromatic nitrogens is 1. The van der Waals surface area contributed by atoms with E-state index in [1.807, 2.05) is 6.07 Å². The van der Waals surface area contributed by atoms with Crippen LogP contribution in [0.1, 0.15) is 11.1 Å². The quantitative estimate of drug-likeness (QED) is 0.635. The molecular weight excluding hydrogens is 385 g/mol. The van der Waals surface area contributed by atoms with Crippen molar-refractivity contribution in [1.82, 2.24) is 4.98 Å². The van der Waals surface area contributed by atoms with E-state index in [0.717, 1.165) is 5.39 Å². The number of hydrogen-bond donors (Lipinski definition) is 2. The standard InChI is InChI=1S/C20H13Cl2N3O2/c1-27-19-9-18(15(21)8-16(19)22)25-20-13(10-23)11-24-17-7-12(3-2-6-26)4-5-14(17)20/h4-5,7-9,11,26H,6H2,1H3,(H,24,25). The number of benzene rings is 2. The summed E-state index contributed by atoms with van der Waals surface area (Å²) in [4.78, 5) is 4.32. The highest BCUT2D eigenvalue weighted by Crippen LogP contribution is 2.37. The van der Waals surface area contributed by atoms with Gasteiger partial charge in [0.15, 0.2) is 0 Å². The Morgan fingerprint density at radius 2 is 2.04 bits per heavy atom. The van der Waals surface area contributed by atoms with Crippen LogP contribution in [0, 0.1) is 23.2 Å². The van der Waals surface area contributed by atoms with Gasteiger partial charge in [0.1, 0.15) is 18.4 Å². The molecule has 0 aliphatic carbocycles. The Labute approximate surface area is 166 Å². The third kappa shape index (κ3) is 3.92. The van der Waals surface area contributed by atoms with Gasteiger partial charge in [0.05, 0.1) is 39.6 Å². The second-order valence-corrected chi connectivity index (χ2v) is 6.26. The van der Waals surface area contributed by atoms with Crippen molar-refractivity contribution in [3.8, 4) is 23.7 Å². The second-order valence-electron chi connectivity index (χ2n) is 5.44. The maximum atomic E-state index is 9.48. The third-order valence-electron chi connectivity index (χ3n) is 3.80. The second kappa shape index (κ2) is 8.16. The van der Waals surface area contributed by atoms with E-state index >= 15 is 0 Å². The van der Waals surface area contributed by atoms with Gasteiger partial charge in [-0.1, -0.05) is 35.0 Å². The van der Waals surface area contributed by atoms with Crippen LogP contribution >= 0.6 is 23.2 Å². The zero-order chi connectivity index (χ0) is 19.4. The van der Waals surface area contributed by atoms with Gasteiger partial charge in [0, 0.05) is 23.2 Å². The zero-order valence-corrected chi connectivity index (χ0v) is 15.7. The molecule has 0 saturated carbocycles. The van der Waals surface area contributed by atoms with E-state index < -0.39 is 0 Å². The lowest BCUT2D eigenvalue weighted by Gasteiger charge is -2.14. The molecule has 1 aromatic heterocycles. The number of ether oxygens (including phenoxy) is 1. The van der Waals surface area contributed by atoms with Crippen LogP contribution in [0.5, 0.6) is 5.75 Å². The van der Waals surface area contributed by atoms with Crippen LogP contribution in [-0.2, 0) is 0 Å². The number of rotatable bonds is 3. The fraction of sp³-hybridized carbons (Fsp3) is 0.100. The maximum absolute atomic E-state index is 9.48. The van der Waals surface area contributed by atoms with E-state index in [9.17, 15) is 5.26 Å². The Kier molecular flexibility index (Phi) is 5.69. The van der Waals surface area contributed by atoms with Gasteiger partial charge in [-0.3, -0.25) is 4.98 Å². The van der Waals surface area contributed by atoms with Gasteiger partial charge in [-0.05, 0) is 24.3 Å². The van der Waals surface area contributed by atoms with Crippen LogP contribution in [-0.4, -0.2) is 23.8 Å². The van der Waals surface area contributed by atoms with Crippen LogP contribution in [0.3, 0.4) is 0 Å². The predicted octanol–water partition coefficient (Wildman–Crippen LogP) is 4.51. The first-order chi connectivity index (χ1) is 13.1. The number of pyridine rings is 1. The number of fused-ring (bicyclic) bond motifs is 1. The van der Waals surface area contributed by atoms with Crippen molar-refractivity contribution in [1.29, 1.82) is 5.26 Å². The molecule has 1 heterocycles. The molecule has 0 atom stereocenters. The number of anilines is 2. The smallest absolute Gasteiger partial charge is 0.139 e. The fourth-order valence-corrected chi connectivity index (χ4v) is 3.06. The van der Waals surface area contributed by atoms with E-state index in [1.165, 1.54) is 13.3 Å². The van der Waals surface area contributed by atoms with Crippen molar-refractivity contribution < 1.29 is 9.84 Å². The molecule has 2 aromatic carbocycles. The largest absolute Gasteiger partial charge is 0.495 e. The summed E-state index contributed by atoms with van der Waals surface area (Å²) in [5, 5.41) is 23.0. The average Bonchev–Trinajstić information content (AvgIpc) is 2.68. The molecule has 3 rings (SSSR count). The molecule has 5 nitrogen and oxygen atoms in total. The monoisotopic (exact) mass is 397 g/mol. The SMILES string of the molecule is COc1cc(Nc2c(C#N)cnc3cc(C#CCO)ccc23)c(Cl)cc1Cl. The summed E-state index contributed by atoms with van der Waals surface area (Å²) in [6.07, 6.45) is 1.48. The van der Waals surface area contributed by atoms with Gasteiger partial charge in [-0.2, -0.15) is 5.26 Å². The number of methoxy groups -OCH3 is 1. The molecule has 2 N–H and O–H groups in total. The summed E-state index contributed by atoms with van der Waals surface area (Å²) in [5.74, 6) is 5.89. The van der Waals surface area contributed by atoms with Gasteiger partial charge < -0.3 is 15.2 Å². The minimum atomic E-state index is -0.220. The molecule has 0 fully saturated rings. The Morgan fingerprint density at radius 1 is 1.22 bits per heavy atom. The molecule has 0 spiro atoms. The molecule has 0 aliphatic heterocycles. The number of aliphatic hydroxyl groups excluding tert-OH is 1. The third-order valence-corrected chi connectivity index (χ3v) is 4.41. The fourth-order valence-electron chi connectivity index (χ4n) is 2.55. The summed E-state index contributed by atoms with van der Waals surface area (Å²) >= 11 is 12.4. The lowest BCUT2D eigenvalue weighted by atomic mass is 10.1.